The Morgan fingerprint density at radius 2 is 2.00 bits per heavy atom. The maximum absolute atomic E-state index is 11.7. The molecular formula is C13H13BrN4O2. The van der Waals surface area contributed by atoms with Gasteiger partial charge in [0.1, 0.15) is 10.4 Å². The van der Waals surface area contributed by atoms with Crippen LogP contribution in [0.5, 0.6) is 5.75 Å². The largest absolute Gasteiger partial charge is 0.493 e. The monoisotopic (exact) mass is 336 g/mol. The number of nitrogen functional groups attached to an aromatic ring is 1. The lowest BCUT2D eigenvalue weighted by Gasteiger charge is -2.07. The van der Waals surface area contributed by atoms with Crippen LogP contribution in [-0.4, -0.2) is 22.5 Å². The summed E-state index contributed by atoms with van der Waals surface area (Å²) in [7, 11) is 0. The third kappa shape index (κ3) is 4.51. The van der Waals surface area contributed by atoms with Crippen LogP contribution in [-0.2, 0) is 4.79 Å². The minimum absolute atomic E-state index is 0.183. The van der Waals surface area contributed by atoms with Gasteiger partial charge in [0, 0.05) is 5.69 Å². The van der Waals surface area contributed by atoms with Gasteiger partial charge in [-0.1, -0.05) is 0 Å². The molecule has 2 aromatic rings. The van der Waals surface area contributed by atoms with Crippen molar-refractivity contribution < 1.29 is 9.53 Å². The Labute approximate surface area is 124 Å². The molecule has 0 bridgehead atoms. The molecule has 1 aromatic carbocycles. The summed E-state index contributed by atoms with van der Waals surface area (Å²) < 4.78 is 6.04. The first kappa shape index (κ1) is 14.3. The smallest absolute Gasteiger partial charge is 0.228 e. The Balaban J connectivity index is 1.75. The highest BCUT2D eigenvalue weighted by Crippen LogP contribution is 2.13. The van der Waals surface area contributed by atoms with E-state index in [-0.39, 0.29) is 18.9 Å². The van der Waals surface area contributed by atoms with E-state index in [1.807, 2.05) is 0 Å². The van der Waals surface area contributed by atoms with Gasteiger partial charge in [0.15, 0.2) is 5.82 Å². The molecule has 2 rings (SSSR count). The van der Waals surface area contributed by atoms with Gasteiger partial charge in [0.2, 0.25) is 5.91 Å². The molecule has 0 saturated carbocycles. The number of anilines is 2. The van der Waals surface area contributed by atoms with E-state index < -0.39 is 0 Å². The average molecular weight is 337 g/mol. The molecule has 0 saturated heterocycles. The predicted octanol–water partition coefficient (Wildman–Crippen LogP) is 2.23. The number of aromatic nitrogens is 2. The minimum Gasteiger partial charge on any atom is -0.493 e. The maximum atomic E-state index is 11.7. The molecular weight excluding hydrogens is 324 g/mol. The second-order valence-electron chi connectivity index (χ2n) is 3.94. The van der Waals surface area contributed by atoms with Gasteiger partial charge in [0.05, 0.1) is 25.4 Å². The molecule has 1 aromatic heterocycles. The van der Waals surface area contributed by atoms with Crippen LogP contribution in [0.15, 0.2) is 41.3 Å². The number of carbonyl (C=O) groups excluding carboxylic acids is 1. The van der Waals surface area contributed by atoms with Gasteiger partial charge < -0.3 is 15.8 Å². The molecule has 0 fully saturated rings. The molecule has 7 heteroatoms. The van der Waals surface area contributed by atoms with Crippen molar-refractivity contribution in [1.29, 1.82) is 0 Å². The average Bonchev–Trinajstić information content (AvgIpc) is 2.44. The number of benzene rings is 1. The SMILES string of the molecule is Nc1ccc(OCCC(=O)Nc2cnc(Br)cn2)cc1. The Morgan fingerprint density at radius 3 is 2.65 bits per heavy atom. The van der Waals surface area contributed by atoms with Crippen LogP contribution in [0.1, 0.15) is 6.42 Å². The van der Waals surface area contributed by atoms with Gasteiger partial charge in [-0.15, -0.1) is 0 Å². The summed E-state index contributed by atoms with van der Waals surface area (Å²) in [6, 6.07) is 7.00. The van der Waals surface area contributed by atoms with E-state index in [4.69, 9.17) is 10.5 Å². The second-order valence-corrected chi connectivity index (χ2v) is 4.75. The summed E-state index contributed by atoms with van der Waals surface area (Å²) in [6.07, 6.45) is 3.21. The molecule has 0 spiro atoms. The van der Waals surface area contributed by atoms with Gasteiger partial charge in [-0.3, -0.25) is 4.79 Å². The Hall–Kier alpha value is -2.15. The van der Waals surface area contributed by atoms with E-state index >= 15 is 0 Å². The summed E-state index contributed by atoms with van der Waals surface area (Å²) in [6.45, 7) is 0.277. The first-order valence-electron chi connectivity index (χ1n) is 5.89. The van der Waals surface area contributed by atoms with Gasteiger partial charge in [-0.05, 0) is 40.2 Å². The van der Waals surface area contributed by atoms with Crippen LogP contribution >= 0.6 is 15.9 Å². The van der Waals surface area contributed by atoms with Gasteiger partial charge in [0.25, 0.3) is 0 Å². The van der Waals surface area contributed by atoms with E-state index in [1.165, 1.54) is 12.4 Å². The van der Waals surface area contributed by atoms with Crippen molar-refractivity contribution in [3.8, 4) is 5.75 Å². The molecule has 6 nitrogen and oxygen atoms in total. The molecule has 0 radical (unpaired) electrons. The van der Waals surface area contributed by atoms with E-state index in [2.05, 4.69) is 31.2 Å². The number of ether oxygens (including phenoxy) is 1. The highest BCUT2D eigenvalue weighted by molar-refractivity contribution is 9.10. The molecule has 1 amide bonds. The first-order valence-corrected chi connectivity index (χ1v) is 6.68. The summed E-state index contributed by atoms with van der Waals surface area (Å²) in [5, 5.41) is 2.63. The van der Waals surface area contributed by atoms with E-state index in [9.17, 15) is 4.79 Å². The van der Waals surface area contributed by atoms with E-state index in [1.54, 1.807) is 24.3 Å². The van der Waals surface area contributed by atoms with Crippen LogP contribution in [0.25, 0.3) is 0 Å². The van der Waals surface area contributed by atoms with Crippen molar-refractivity contribution >= 4 is 33.3 Å². The van der Waals surface area contributed by atoms with Crippen molar-refractivity contribution in [2.45, 2.75) is 6.42 Å². The van der Waals surface area contributed by atoms with Crippen LogP contribution in [0.3, 0.4) is 0 Å². The molecule has 0 aliphatic rings. The van der Waals surface area contributed by atoms with Gasteiger partial charge in [-0.25, -0.2) is 9.97 Å². The lowest BCUT2D eigenvalue weighted by Crippen LogP contribution is -2.16. The molecule has 0 unspecified atom stereocenters. The zero-order valence-electron chi connectivity index (χ0n) is 10.5. The molecule has 3 N–H and O–H groups in total. The number of rotatable bonds is 5. The molecule has 20 heavy (non-hydrogen) atoms. The Morgan fingerprint density at radius 1 is 1.25 bits per heavy atom. The number of hydrogen-bond acceptors (Lipinski definition) is 5. The lowest BCUT2D eigenvalue weighted by molar-refractivity contribution is -0.116. The van der Waals surface area contributed by atoms with E-state index in [0.29, 0.717) is 21.9 Å². The van der Waals surface area contributed by atoms with Gasteiger partial charge >= 0.3 is 0 Å². The number of carbonyl (C=O) groups is 1. The minimum atomic E-state index is -0.183. The Kier molecular flexibility index (Phi) is 4.89. The lowest BCUT2D eigenvalue weighted by atomic mass is 10.3. The highest BCUT2D eigenvalue weighted by atomic mass is 79.9. The van der Waals surface area contributed by atoms with Crippen molar-refractivity contribution in [2.24, 2.45) is 0 Å². The normalized spacial score (nSPS) is 10.1. The number of amides is 1. The highest BCUT2D eigenvalue weighted by Gasteiger charge is 2.04. The third-order valence-electron chi connectivity index (χ3n) is 2.37. The quantitative estimate of drug-likeness (QED) is 0.817. The number of nitrogens with two attached hydrogens (primary N) is 1. The van der Waals surface area contributed by atoms with Crippen LogP contribution in [0.4, 0.5) is 11.5 Å². The van der Waals surface area contributed by atoms with Crippen molar-refractivity contribution in [3.05, 3.63) is 41.3 Å². The number of hydrogen-bond donors (Lipinski definition) is 2. The summed E-state index contributed by atoms with van der Waals surface area (Å²) in [5.41, 5.74) is 6.23. The zero-order chi connectivity index (χ0) is 14.4. The van der Waals surface area contributed by atoms with Crippen LogP contribution < -0.4 is 15.8 Å². The topological polar surface area (TPSA) is 90.1 Å². The summed E-state index contributed by atoms with van der Waals surface area (Å²) in [4.78, 5) is 19.6. The molecule has 0 aliphatic carbocycles. The fourth-order valence-electron chi connectivity index (χ4n) is 1.41. The molecule has 0 atom stereocenters. The number of nitrogens with zero attached hydrogens (tertiary/aromatic N) is 2. The summed E-state index contributed by atoms with van der Waals surface area (Å²) in [5.74, 6) is 0.901. The second kappa shape index (κ2) is 6.85. The fourth-order valence-corrected chi connectivity index (χ4v) is 1.61. The van der Waals surface area contributed by atoms with E-state index in [0.717, 1.165) is 0 Å². The predicted molar refractivity (Wildman–Crippen MR) is 79.3 cm³/mol. The summed E-state index contributed by atoms with van der Waals surface area (Å²) >= 11 is 3.17. The number of nitrogens with one attached hydrogen (secondary N) is 1. The van der Waals surface area contributed by atoms with Crippen molar-refractivity contribution in [1.82, 2.24) is 9.97 Å². The Bertz CT molecular complexity index is 572. The van der Waals surface area contributed by atoms with Gasteiger partial charge in [-0.2, -0.15) is 0 Å². The maximum Gasteiger partial charge on any atom is 0.228 e. The molecule has 1 heterocycles. The third-order valence-corrected chi connectivity index (χ3v) is 2.78. The zero-order valence-corrected chi connectivity index (χ0v) is 12.1. The van der Waals surface area contributed by atoms with Crippen molar-refractivity contribution in [2.75, 3.05) is 17.7 Å². The number of halogens is 1. The van der Waals surface area contributed by atoms with Crippen molar-refractivity contribution in [3.63, 3.8) is 0 Å². The van der Waals surface area contributed by atoms with Crippen LogP contribution in [0, 0.1) is 0 Å². The van der Waals surface area contributed by atoms with Crippen LogP contribution in [0.2, 0.25) is 0 Å². The molecule has 104 valence electrons. The standard InChI is InChI=1S/C13H13BrN4O2/c14-11-7-17-12(8-16-11)18-13(19)5-6-20-10-3-1-9(15)2-4-10/h1-4,7-8H,5-6,15H2,(H,17,18,19). The first-order chi connectivity index (χ1) is 9.63. The molecule has 0 aliphatic heterocycles. The fraction of sp³-hybridized carbons (Fsp3) is 0.154.